The third-order valence-electron chi connectivity index (χ3n) is 3.62. The molecule has 0 radical (unpaired) electrons. The number of rotatable bonds is 6. The van der Waals surface area contributed by atoms with Crippen molar-refractivity contribution in [2.45, 2.75) is 43.8 Å². The van der Waals surface area contributed by atoms with Crippen molar-refractivity contribution >= 4 is 10.0 Å². The van der Waals surface area contributed by atoms with E-state index in [0.29, 0.717) is 25.3 Å². The first-order valence-corrected chi connectivity index (χ1v) is 8.83. The van der Waals surface area contributed by atoms with Gasteiger partial charge in [-0.2, -0.15) is 4.31 Å². The molecule has 2 rings (SSSR count). The molecule has 5 nitrogen and oxygen atoms in total. The highest BCUT2D eigenvalue weighted by molar-refractivity contribution is 7.89. The normalized spacial score (nSPS) is 20.6. The van der Waals surface area contributed by atoms with E-state index in [9.17, 15) is 8.42 Å². The summed E-state index contributed by atoms with van der Waals surface area (Å²) >= 11 is 0. The van der Waals surface area contributed by atoms with Gasteiger partial charge in [-0.1, -0.05) is 19.1 Å². The summed E-state index contributed by atoms with van der Waals surface area (Å²) in [6.45, 7) is 3.48. The lowest BCUT2D eigenvalue weighted by atomic mass is 10.1. The van der Waals surface area contributed by atoms with E-state index in [0.717, 1.165) is 19.3 Å². The Hall–Kier alpha value is -0.950. The molecular weight excluding hydrogens is 290 g/mol. The number of sulfonamides is 1. The molecule has 21 heavy (non-hydrogen) atoms. The quantitative estimate of drug-likeness (QED) is 0.869. The summed E-state index contributed by atoms with van der Waals surface area (Å²) in [7, 11) is -3.51. The number of ether oxygens (including phenoxy) is 1. The molecule has 1 aromatic rings. The summed E-state index contributed by atoms with van der Waals surface area (Å²) < 4.78 is 32.5. The molecule has 1 N–H and O–H groups in total. The molecule has 1 aromatic carbocycles. The Morgan fingerprint density at radius 2 is 2.24 bits per heavy atom. The van der Waals surface area contributed by atoms with E-state index in [1.807, 2.05) is 6.92 Å². The van der Waals surface area contributed by atoms with Gasteiger partial charge in [0.1, 0.15) is 0 Å². The van der Waals surface area contributed by atoms with Gasteiger partial charge in [-0.05, 0) is 37.0 Å². The van der Waals surface area contributed by atoms with Crippen LogP contribution < -0.4 is 0 Å². The zero-order chi connectivity index (χ0) is 15.3. The van der Waals surface area contributed by atoms with Crippen LogP contribution in [0.5, 0.6) is 0 Å². The SMILES string of the molecule is CCCOC1CCCN(S(=O)(=O)c2cccc(CO)c2)C1. The second kappa shape index (κ2) is 7.35. The first-order valence-electron chi connectivity index (χ1n) is 7.39. The zero-order valence-corrected chi connectivity index (χ0v) is 13.2. The van der Waals surface area contributed by atoms with Gasteiger partial charge < -0.3 is 9.84 Å². The van der Waals surface area contributed by atoms with E-state index in [1.54, 1.807) is 18.2 Å². The van der Waals surface area contributed by atoms with Crippen molar-refractivity contribution in [1.82, 2.24) is 4.31 Å². The minimum atomic E-state index is -3.51. The molecule has 1 aliphatic rings. The maximum atomic E-state index is 12.7. The number of aliphatic hydroxyl groups excluding tert-OH is 1. The predicted octanol–water partition coefficient (Wildman–Crippen LogP) is 1.76. The topological polar surface area (TPSA) is 66.8 Å². The van der Waals surface area contributed by atoms with Crippen LogP contribution in [0.2, 0.25) is 0 Å². The van der Waals surface area contributed by atoms with Gasteiger partial charge in [0.2, 0.25) is 10.0 Å². The van der Waals surface area contributed by atoms with Gasteiger partial charge in [-0.15, -0.1) is 0 Å². The third kappa shape index (κ3) is 4.03. The number of benzene rings is 1. The Morgan fingerprint density at radius 1 is 1.43 bits per heavy atom. The van der Waals surface area contributed by atoms with Crippen LogP contribution >= 0.6 is 0 Å². The molecule has 0 aromatic heterocycles. The van der Waals surface area contributed by atoms with E-state index < -0.39 is 10.0 Å². The number of hydrogen-bond donors (Lipinski definition) is 1. The molecule has 1 heterocycles. The average Bonchev–Trinajstić information content (AvgIpc) is 2.53. The first-order chi connectivity index (χ1) is 10.1. The summed E-state index contributed by atoms with van der Waals surface area (Å²) in [5.74, 6) is 0. The molecule has 1 aliphatic heterocycles. The Kier molecular flexibility index (Phi) is 5.75. The molecule has 0 aliphatic carbocycles. The molecule has 1 atom stereocenters. The van der Waals surface area contributed by atoms with Crippen LogP contribution in [0.3, 0.4) is 0 Å². The molecule has 6 heteroatoms. The maximum absolute atomic E-state index is 12.7. The molecule has 118 valence electrons. The van der Waals surface area contributed by atoms with Crippen molar-refractivity contribution in [3.05, 3.63) is 29.8 Å². The largest absolute Gasteiger partial charge is 0.392 e. The Bertz CT molecular complexity index is 559. The lowest BCUT2D eigenvalue weighted by molar-refractivity contribution is 0.0193. The smallest absolute Gasteiger partial charge is 0.243 e. The second-order valence-electron chi connectivity index (χ2n) is 5.30. The Balaban J connectivity index is 2.14. The van der Waals surface area contributed by atoms with Crippen molar-refractivity contribution in [1.29, 1.82) is 0 Å². The number of piperidine rings is 1. The van der Waals surface area contributed by atoms with E-state index in [4.69, 9.17) is 9.84 Å². The monoisotopic (exact) mass is 313 g/mol. The fraction of sp³-hybridized carbons (Fsp3) is 0.600. The Labute approximate surface area is 126 Å². The van der Waals surface area contributed by atoms with Crippen molar-refractivity contribution in [2.24, 2.45) is 0 Å². The molecule has 0 spiro atoms. The molecule has 0 amide bonds. The minimum absolute atomic E-state index is 0.0190. The van der Waals surface area contributed by atoms with Crippen molar-refractivity contribution in [2.75, 3.05) is 19.7 Å². The van der Waals surface area contributed by atoms with Crippen molar-refractivity contribution < 1.29 is 18.3 Å². The van der Waals surface area contributed by atoms with E-state index >= 15 is 0 Å². The molecule has 1 saturated heterocycles. The summed E-state index contributed by atoms with van der Waals surface area (Å²) in [5, 5.41) is 9.15. The van der Waals surface area contributed by atoms with E-state index in [2.05, 4.69) is 0 Å². The van der Waals surface area contributed by atoms with Gasteiger partial charge in [0.15, 0.2) is 0 Å². The number of hydrogen-bond acceptors (Lipinski definition) is 4. The van der Waals surface area contributed by atoms with E-state index in [1.165, 1.54) is 10.4 Å². The van der Waals surface area contributed by atoms with Gasteiger partial charge in [-0.3, -0.25) is 0 Å². The molecule has 1 fully saturated rings. The van der Waals surface area contributed by atoms with Gasteiger partial charge in [0.25, 0.3) is 0 Å². The summed E-state index contributed by atoms with van der Waals surface area (Å²) in [6, 6.07) is 6.48. The second-order valence-corrected chi connectivity index (χ2v) is 7.24. The van der Waals surface area contributed by atoms with Gasteiger partial charge in [0.05, 0.1) is 17.6 Å². The van der Waals surface area contributed by atoms with Crippen LogP contribution in [0.4, 0.5) is 0 Å². The van der Waals surface area contributed by atoms with Crippen molar-refractivity contribution in [3.8, 4) is 0 Å². The molecular formula is C15H23NO4S. The molecule has 0 bridgehead atoms. The first kappa shape index (κ1) is 16.4. The fourth-order valence-electron chi connectivity index (χ4n) is 2.50. The summed E-state index contributed by atoms with van der Waals surface area (Å²) in [5.41, 5.74) is 0.604. The zero-order valence-electron chi connectivity index (χ0n) is 12.4. The highest BCUT2D eigenvalue weighted by atomic mass is 32.2. The average molecular weight is 313 g/mol. The fourth-order valence-corrected chi connectivity index (χ4v) is 4.08. The maximum Gasteiger partial charge on any atom is 0.243 e. The third-order valence-corrected chi connectivity index (χ3v) is 5.48. The molecule has 1 unspecified atom stereocenters. The van der Waals surface area contributed by atoms with Crippen LogP contribution in [0.1, 0.15) is 31.7 Å². The number of aliphatic hydroxyl groups is 1. The van der Waals surface area contributed by atoms with Crippen LogP contribution in [0.15, 0.2) is 29.2 Å². The van der Waals surface area contributed by atoms with Crippen LogP contribution in [0.25, 0.3) is 0 Å². The van der Waals surface area contributed by atoms with Gasteiger partial charge in [-0.25, -0.2) is 8.42 Å². The predicted molar refractivity (Wildman–Crippen MR) is 80.4 cm³/mol. The van der Waals surface area contributed by atoms with Crippen LogP contribution in [-0.4, -0.2) is 43.6 Å². The molecule has 0 saturated carbocycles. The highest BCUT2D eigenvalue weighted by Gasteiger charge is 2.30. The number of nitrogens with zero attached hydrogens (tertiary/aromatic N) is 1. The lowest BCUT2D eigenvalue weighted by Crippen LogP contribution is -2.43. The van der Waals surface area contributed by atoms with Crippen molar-refractivity contribution in [3.63, 3.8) is 0 Å². The summed E-state index contributed by atoms with van der Waals surface area (Å²) in [4.78, 5) is 0.241. The van der Waals surface area contributed by atoms with Crippen LogP contribution in [-0.2, 0) is 21.4 Å². The highest BCUT2D eigenvalue weighted by Crippen LogP contribution is 2.22. The van der Waals surface area contributed by atoms with E-state index in [-0.39, 0.29) is 17.6 Å². The Morgan fingerprint density at radius 3 is 2.95 bits per heavy atom. The van der Waals surface area contributed by atoms with Gasteiger partial charge >= 0.3 is 0 Å². The van der Waals surface area contributed by atoms with Gasteiger partial charge in [0, 0.05) is 19.7 Å². The summed E-state index contributed by atoms with van der Waals surface area (Å²) in [6.07, 6.45) is 2.63. The minimum Gasteiger partial charge on any atom is -0.392 e. The lowest BCUT2D eigenvalue weighted by Gasteiger charge is -2.31. The standard InChI is InChI=1S/C15H23NO4S/c1-2-9-20-14-6-4-8-16(11-14)21(18,19)15-7-3-5-13(10-15)12-17/h3,5,7,10,14,17H,2,4,6,8-9,11-12H2,1H3. The van der Waals surface area contributed by atoms with Crippen LogP contribution in [0, 0.1) is 0 Å².